The normalized spacial score (nSPS) is 20.5. The number of hydrogen-bond acceptors (Lipinski definition) is 5. The predicted octanol–water partition coefficient (Wildman–Crippen LogP) is 6.18. The van der Waals surface area contributed by atoms with E-state index in [1.54, 1.807) is 0 Å². The Bertz CT molecular complexity index is 972. The van der Waals surface area contributed by atoms with Crippen LogP contribution in [0, 0.1) is 12.3 Å². The molecule has 0 saturated carbocycles. The molecule has 3 aromatic rings. The Morgan fingerprint density at radius 2 is 2.06 bits per heavy atom. The van der Waals surface area contributed by atoms with E-state index < -0.39 is 0 Å². The lowest BCUT2D eigenvalue weighted by Gasteiger charge is -2.41. The molecule has 1 aliphatic rings. The van der Waals surface area contributed by atoms with Crippen molar-refractivity contribution in [3.05, 3.63) is 82.1 Å². The quantitative estimate of drug-likeness (QED) is 0.391. The fourth-order valence-electron chi connectivity index (χ4n) is 5.09. The van der Waals surface area contributed by atoms with Crippen LogP contribution in [0.4, 0.5) is 0 Å². The summed E-state index contributed by atoms with van der Waals surface area (Å²) in [5.74, 6) is 0. The van der Waals surface area contributed by atoms with E-state index in [4.69, 9.17) is 4.74 Å². The van der Waals surface area contributed by atoms with Crippen LogP contribution in [0.25, 0.3) is 0 Å². The highest BCUT2D eigenvalue weighted by atomic mass is 32.1. The second-order valence-electron chi connectivity index (χ2n) is 9.48. The fraction of sp³-hybridized carbons (Fsp3) is 0.481. The molecule has 0 radical (unpaired) electrons. The third-order valence-electron chi connectivity index (χ3n) is 7.12. The van der Waals surface area contributed by atoms with Gasteiger partial charge in [-0.25, -0.2) is 0 Å². The van der Waals surface area contributed by atoms with Crippen LogP contribution in [0.1, 0.15) is 61.4 Å². The first kappa shape index (κ1) is 23.1. The summed E-state index contributed by atoms with van der Waals surface area (Å²) < 4.78 is 6.49. The minimum absolute atomic E-state index is 0.0399. The van der Waals surface area contributed by atoms with Gasteiger partial charge < -0.3 is 4.74 Å². The molecule has 32 heavy (non-hydrogen) atoms. The van der Waals surface area contributed by atoms with E-state index in [0.29, 0.717) is 6.61 Å². The molecule has 4 rings (SSSR count). The first-order chi connectivity index (χ1) is 15.4. The summed E-state index contributed by atoms with van der Waals surface area (Å²) in [6.07, 6.45) is 9.22. The van der Waals surface area contributed by atoms with Crippen LogP contribution in [0.15, 0.2) is 60.4 Å². The third kappa shape index (κ3) is 4.80. The van der Waals surface area contributed by atoms with Gasteiger partial charge in [0.1, 0.15) is 0 Å². The molecule has 0 aromatic carbocycles. The maximum atomic E-state index is 6.49. The zero-order valence-electron chi connectivity index (χ0n) is 19.8. The first-order valence-corrected chi connectivity index (χ1v) is 12.5. The molecule has 0 aliphatic carbocycles. The molecule has 0 unspecified atom stereocenters. The number of likely N-dealkylation sites (tertiary alicyclic amines) is 1. The molecule has 4 heterocycles. The van der Waals surface area contributed by atoms with E-state index in [0.717, 1.165) is 38.0 Å². The Labute approximate surface area is 196 Å². The van der Waals surface area contributed by atoms with Crippen LogP contribution in [-0.4, -0.2) is 34.6 Å². The average molecular weight is 450 g/mol. The Morgan fingerprint density at radius 1 is 1.19 bits per heavy atom. The Morgan fingerprint density at radius 3 is 2.72 bits per heavy atom. The van der Waals surface area contributed by atoms with Gasteiger partial charge >= 0.3 is 0 Å². The minimum Gasteiger partial charge on any atom is -0.373 e. The highest BCUT2D eigenvalue weighted by Gasteiger charge is 2.49. The predicted molar refractivity (Wildman–Crippen MR) is 132 cm³/mol. The number of nitrogens with zero attached hydrogens (tertiary/aromatic N) is 3. The summed E-state index contributed by atoms with van der Waals surface area (Å²) in [5, 5.41) is 2.18. The van der Waals surface area contributed by atoms with E-state index in [-0.39, 0.29) is 17.1 Å². The summed E-state index contributed by atoms with van der Waals surface area (Å²) in [4.78, 5) is 13.1. The molecule has 0 bridgehead atoms. The number of aryl methyl sites for hydroxylation is 2. The molecule has 1 saturated heterocycles. The van der Waals surface area contributed by atoms with Gasteiger partial charge in [-0.2, -0.15) is 0 Å². The Balaban J connectivity index is 1.65. The molecule has 170 valence electrons. The number of hydrogen-bond donors (Lipinski definition) is 0. The van der Waals surface area contributed by atoms with Crippen molar-refractivity contribution in [3.63, 3.8) is 0 Å². The summed E-state index contributed by atoms with van der Waals surface area (Å²) in [5.41, 5.74) is 3.48. The molecule has 2 atom stereocenters. The zero-order chi connectivity index (χ0) is 22.6. The van der Waals surface area contributed by atoms with Gasteiger partial charge in [-0.05, 0) is 88.2 Å². The number of ether oxygens (including phenoxy) is 1. The van der Waals surface area contributed by atoms with Crippen LogP contribution in [0.5, 0.6) is 0 Å². The highest BCUT2D eigenvalue weighted by Crippen LogP contribution is 2.50. The van der Waals surface area contributed by atoms with Gasteiger partial charge in [0, 0.05) is 53.3 Å². The smallest absolute Gasteiger partial charge is 0.0908 e. The van der Waals surface area contributed by atoms with Gasteiger partial charge in [-0.3, -0.25) is 14.9 Å². The van der Waals surface area contributed by atoms with Crippen LogP contribution in [0.3, 0.4) is 0 Å². The minimum atomic E-state index is -0.0862. The maximum Gasteiger partial charge on any atom is 0.0908 e. The Hall–Kier alpha value is -2.08. The van der Waals surface area contributed by atoms with E-state index >= 15 is 0 Å². The second-order valence-corrected chi connectivity index (χ2v) is 10.5. The molecular weight excluding hydrogens is 414 g/mol. The third-order valence-corrected chi connectivity index (χ3v) is 8.06. The van der Waals surface area contributed by atoms with Crippen LogP contribution in [0.2, 0.25) is 0 Å². The van der Waals surface area contributed by atoms with E-state index in [9.17, 15) is 0 Å². The van der Waals surface area contributed by atoms with Gasteiger partial charge in [0.05, 0.1) is 6.10 Å². The van der Waals surface area contributed by atoms with E-state index in [1.807, 2.05) is 42.9 Å². The molecule has 5 heteroatoms. The summed E-state index contributed by atoms with van der Waals surface area (Å²) in [7, 11) is 0. The van der Waals surface area contributed by atoms with Crippen LogP contribution >= 0.6 is 11.3 Å². The summed E-state index contributed by atoms with van der Waals surface area (Å²) in [6, 6.07) is 13.0. The van der Waals surface area contributed by atoms with E-state index in [2.05, 4.69) is 71.4 Å². The van der Waals surface area contributed by atoms with Crippen molar-refractivity contribution in [1.29, 1.82) is 0 Å². The fourth-order valence-corrected chi connectivity index (χ4v) is 5.79. The van der Waals surface area contributed by atoms with Crippen molar-refractivity contribution in [2.24, 2.45) is 5.41 Å². The lowest BCUT2D eigenvalue weighted by atomic mass is 9.74. The van der Waals surface area contributed by atoms with Gasteiger partial charge in [-0.1, -0.05) is 18.2 Å². The van der Waals surface area contributed by atoms with Crippen molar-refractivity contribution >= 4 is 11.3 Å². The SMILES string of the molecule is CCO[C@H](c1cccnc1)[C@@]1(CCc2cccs2)CCN(C(C)(C)c2ccc(C)nc2)C1. The molecule has 0 N–H and O–H groups in total. The number of thiophene rings is 1. The van der Waals surface area contributed by atoms with Crippen molar-refractivity contribution in [2.45, 2.75) is 58.6 Å². The standard InChI is InChI=1S/C27H35N3OS/c1-5-31-25(22-8-6-15-28-18-22)27(13-12-24-9-7-17-32-24)14-16-30(20-27)26(3,4)23-11-10-21(2)29-19-23/h6-11,15,17-19,25H,5,12-14,16,20H2,1-4H3/t25-,27+/m1/s1. The van der Waals surface area contributed by atoms with Gasteiger partial charge in [0.15, 0.2) is 0 Å². The molecule has 0 amide bonds. The number of rotatable bonds is 9. The van der Waals surface area contributed by atoms with Crippen molar-refractivity contribution in [3.8, 4) is 0 Å². The molecule has 1 aliphatic heterocycles. The van der Waals surface area contributed by atoms with Crippen molar-refractivity contribution < 1.29 is 4.74 Å². The summed E-state index contributed by atoms with van der Waals surface area (Å²) >= 11 is 1.86. The first-order valence-electron chi connectivity index (χ1n) is 11.7. The molecule has 3 aromatic heterocycles. The molecule has 4 nitrogen and oxygen atoms in total. The second kappa shape index (κ2) is 9.82. The molecule has 0 spiro atoms. The maximum absolute atomic E-state index is 6.49. The topological polar surface area (TPSA) is 38.2 Å². The lowest BCUT2D eigenvalue weighted by Crippen LogP contribution is -2.43. The van der Waals surface area contributed by atoms with Crippen LogP contribution in [-0.2, 0) is 16.7 Å². The van der Waals surface area contributed by atoms with Gasteiger partial charge in [-0.15, -0.1) is 11.3 Å². The number of pyridine rings is 2. The van der Waals surface area contributed by atoms with Crippen molar-refractivity contribution in [2.75, 3.05) is 19.7 Å². The highest BCUT2D eigenvalue weighted by molar-refractivity contribution is 7.09. The molecule has 1 fully saturated rings. The lowest BCUT2D eigenvalue weighted by molar-refractivity contribution is -0.0437. The van der Waals surface area contributed by atoms with Gasteiger partial charge in [0.25, 0.3) is 0 Å². The van der Waals surface area contributed by atoms with Gasteiger partial charge in [0.2, 0.25) is 0 Å². The van der Waals surface area contributed by atoms with Crippen molar-refractivity contribution in [1.82, 2.24) is 14.9 Å². The Kier molecular flexibility index (Phi) is 7.08. The summed E-state index contributed by atoms with van der Waals surface area (Å²) in [6.45, 7) is 11.6. The largest absolute Gasteiger partial charge is 0.373 e. The number of aromatic nitrogens is 2. The zero-order valence-corrected chi connectivity index (χ0v) is 20.6. The van der Waals surface area contributed by atoms with Crippen LogP contribution < -0.4 is 0 Å². The average Bonchev–Trinajstić information content (AvgIpc) is 3.48. The molecular formula is C27H35N3OS. The van der Waals surface area contributed by atoms with E-state index in [1.165, 1.54) is 16.0 Å². The monoisotopic (exact) mass is 449 g/mol.